The van der Waals surface area contributed by atoms with E-state index in [1.165, 1.54) is 12.0 Å². The number of carbonyl (C=O) groups is 2. The van der Waals surface area contributed by atoms with Crippen LogP contribution in [0.3, 0.4) is 0 Å². The number of Topliss-reactive ketones (excluding diaryl/α,β-unsaturated/α-hetero) is 1. The Morgan fingerprint density at radius 1 is 1.00 bits per heavy atom. The number of carbonyl (C=O) groups excluding carboxylic acids is 2. The van der Waals surface area contributed by atoms with Crippen LogP contribution in [0.2, 0.25) is 0 Å². The number of amides is 1. The van der Waals surface area contributed by atoms with Crippen molar-refractivity contribution < 1.29 is 28.9 Å². The first-order valence-electron chi connectivity index (χ1n) is 12.6. The van der Waals surface area contributed by atoms with Crippen LogP contribution in [0.5, 0.6) is 17.2 Å². The van der Waals surface area contributed by atoms with E-state index in [9.17, 15) is 14.7 Å². The molecule has 0 saturated carbocycles. The van der Waals surface area contributed by atoms with Crippen molar-refractivity contribution in [3.05, 3.63) is 58.7 Å². The number of methoxy groups -OCH3 is 2. The number of unbranched alkanes of at least 4 members (excludes halogenated alkanes) is 1. The van der Waals surface area contributed by atoms with E-state index in [1.807, 2.05) is 25.9 Å². The molecule has 1 heterocycles. The Morgan fingerprint density at radius 2 is 1.70 bits per heavy atom. The van der Waals surface area contributed by atoms with E-state index in [4.69, 9.17) is 14.2 Å². The summed E-state index contributed by atoms with van der Waals surface area (Å²) >= 11 is 0. The number of aliphatic hydroxyl groups is 1. The lowest BCUT2D eigenvalue weighted by Crippen LogP contribution is -2.32. The van der Waals surface area contributed by atoms with E-state index in [0.29, 0.717) is 42.2 Å². The monoisotopic (exact) mass is 510 g/mol. The number of benzene rings is 2. The number of rotatable bonds is 12. The van der Waals surface area contributed by atoms with Gasteiger partial charge in [-0.05, 0) is 81.9 Å². The van der Waals surface area contributed by atoms with Gasteiger partial charge in [-0.1, -0.05) is 19.4 Å². The van der Waals surface area contributed by atoms with Gasteiger partial charge in [0, 0.05) is 12.1 Å². The molecule has 1 aliphatic rings. The zero-order valence-corrected chi connectivity index (χ0v) is 22.7. The molecule has 8 heteroatoms. The quantitative estimate of drug-likeness (QED) is 0.194. The van der Waals surface area contributed by atoms with Crippen LogP contribution in [0.15, 0.2) is 42.0 Å². The molecule has 200 valence electrons. The van der Waals surface area contributed by atoms with Gasteiger partial charge in [0.1, 0.15) is 11.5 Å². The van der Waals surface area contributed by atoms with Gasteiger partial charge in [0.05, 0.1) is 32.4 Å². The van der Waals surface area contributed by atoms with Crippen molar-refractivity contribution in [2.45, 2.75) is 39.2 Å². The molecule has 1 amide bonds. The van der Waals surface area contributed by atoms with Gasteiger partial charge in [-0.15, -0.1) is 0 Å². The van der Waals surface area contributed by atoms with Crippen molar-refractivity contribution in [1.29, 1.82) is 0 Å². The molecular weight excluding hydrogens is 472 g/mol. The van der Waals surface area contributed by atoms with Crippen LogP contribution < -0.4 is 14.2 Å². The summed E-state index contributed by atoms with van der Waals surface area (Å²) in [6, 6.07) is 9.80. The molecule has 3 rings (SSSR count). The molecule has 1 fully saturated rings. The SMILES string of the molecule is CCCCOc1ccc(/C(O)=C2\C(=O)C(=O)N(CCCN(C)C)[C@H]2c2ccc(OC)c(OC)c2)cc1C. The maximum absolute atomic E-state index is 13.3. The molecule has 0 aliphatic carbocycles. The Morgan fingerprint density at radius 3 is 2.32 bits per heavy atom. The highest BCUT2D eigenvalue weighted by molar-refractivity contribution is 6.46. The van der Waals surface area contributed by atoms with Gasteiger partial charge in [-0.3, -0.25) is 9.59 Å². The summed E-state index contributed by atoms with van der Waals surface area (Å²) in [5, 5.41) is 11.4. The van der Waals surface area contributed by atoms with Gasteiger partial charge < -0.3 is 29.1 Å². The molecule has 1 N–H and O–H groups in total. The van der Waals surface area contributed by atoms with Crippen LogP contribution in [0.25, 0.3) is 5.76 Å². The highest BCUT2D eigenvalue weighted by Gasteiger charge is 2.46. The first-order chi connectivity index (χ1) is 17.7. The lowest BCUT2D eigenvalue weighted by Gasteiger charge is -2.26. The third kappa shape index (κ3) is 6.25. The fraction of sp³-hybridized carbons (Fsp3) is 0.448. The van der Waals surface area contributed by atoms with Crippen LogP contribution in [0, 0.1) is 6.92 Å². The van der Waals surface area contributed by atoms with E-state index in [1.54, 1.807) is 43.5 Å². The predicted molar refractivity (Wildman–Crippen MR) is 143 cm³/mol. The molecule has 2 aromatic carbocycles. The minimum atomic E-state index is -0.761. The third-order valence-corrected chi connectivity index (χ3v) is 6.47. The number of hydrogen-bond donors (Lipinski definition) is 1. The van der Waals surface area contributed by atoms with Crippen molar-refractivity contribution in [1.82, 2.24) is 9.80 Å². The molecule has 1 saturated heterocycles. The molecule has 0 spiro atoms. The Kier molecular flexibility index (Phi) is 9.58. The number of nitrogens with zero attached hydrogens (tertiary/aromatic N) is 2. The Balaban J connectivity index is 2.08. The fourth-order valence-corrected chi connectivity index (χ4v) is 4.48. The van der Waals surface area contributed by atoms with E-state index in [-0.39, 0.29) is 11.3 Å². The number of aliphatic hydroxyl groups excluding tert-OH is 1. The summed E-state index contributed by atoms with van der Waals surface area (Å²) in [5.41, 5.74) is 2.00. The first-order valence-corrected chi connectivity index (χ1v) is 12.6. The molecular formula is C29H38N2O6. The standard InChI is InChI=1S/C29H38N2O6/c1-7-8-16-37-22-12-11-21(17-19(22)2)27(32)25-26(20-10-13-23(35-5)24(18-20)36-6)31(29(34)28(25)33)15-9-14-30(3)4/h10-13,17-18,26,32H,7-9,14-16H2,1-6H3/b27-25+/t26-/m0/s1. The summed E-state index contributed by atoms with van der Waals surface area (Å²) < 4.78 is 16.7. The van der Waals surface area contributed by atoms with E-state index >= 15 is 0 Å². The van der Waals surface area contributed by atoms with Gasteiger partial charge >= 0.3 is 0 Å². The Hall–Kier alpha value is -3.52. The summed E-state index contributed by atoms with van der Waals surface area (Å²) in [6.45, 7) is 5.72. The van der Waals surface area contributed by atoms with Crippen molar-refractivity contribution in [3.8, 4) is 17.2 Å². The van der Waals surface area contributed by atoms with Crippen molar-refractivity contribution in [2.24, 2.45) is 0 Å². The average molecular weight is 511 g/mol. The van der Waals surface area contributed by atoms with Crippen LogP contribution >= 0.6 is 0 Å². The zero-order chi connectivity index (χ0) is 27.1. The van der Waals surface area contributed by atoms with Crippen LogP contribution in [-0.2, 0) is 9.59 Å². The molecule has 37 heavy (non-hydrogen) atoms. The third-order valence-electron chi connectivity index (χ3n) is 6.47. The molecule has 2 aromatic rings. The highest BCUT2D eigenvalue weighted by atomic mass is 16.5. The molecule has 0 unspecified atom stereocenters. The lowest BCUT2D eigenvalue weighted by atomic mass is 9.94. The summed E-state index contributed by atoms with van der Waals surface area (Å²) in [7, 11) is 6.99. The van der Waals surface area contributed by atoms with Gasteiger partial charge in [-0.2, -0.15) is 0 Å². The molecule has 8 nitrogen and oxygen atoms in total. The van der Waals surface area contributed by atoms with Gasteiger partial charge in [0.25, 0.3) is 11.7 Å². The van der Waals surface area contributed by atoms with E-state index in [2.05, 4.69) is 6.92 Å². The number of ether oxygens (including phenoxy) is 3. The summed E-state index contributed by atoms with van der Waals surface area (Å²) in [5.74, 6) is 0.190. The smallest absolute Gasteiger partial charge is 0.295 e. The number of likely N-dealkylation sites (tertiary alicyclic amines) is 1. The van der Waals surface area contributed by atoms with Crippen LogP contribution in [0.4, 0.5) is 0 Å². The largest absolute Gasteiger partial charge is 0.507 e. The molecule has 0 bridgehead atoms. The second-order valence-electron chi connectivity index (χ2n) is 9.45. The van der Waals surface area contributed by atoms with Gasteiger partial charge in [0.15, 0.2) is 11.5 Å². The van der Waals surface area contributed by atoms with Crippen molar-refractivity contribution >= 4 is 17.4 Å². The predicted octanol–water partition coefficient (Wildman–Crippen LogP) is 4.56. The lowest BCUT2D eigenvalue weighted by molar-refractivity contribution is -0.139. The summed E-state index contributed by atoms with van der Waals surface area (Å²) in [4.78, 5) is 30.1. The first kappa shape index (κ1) is 28.1. The van der Waals surface area contributed by atoms with E-state index < -0.39 is 17.7 Å². The maximum atomic E-state index is 13.3. The average Bonchev–Trinajstić information content (AvgIpc) is 3.13. The number of aryl methyl sites for hydroxylation is 1. The van der Waals surface area contributed by atoms with Gasteiger partial charge in [-0.25, -0.2) is 0 Å². The van der Waals surface area contributed by atoms with Crippen molar-refractivity contribution in [2.75, 3.05) is 48.0 Å². The minimum absolute atomic E-state index is 0.0566. The maximum Gasteiger partial charge on any atom is 0.295 e. The number of ketones is 1. The van der Waals surface area contributed by atoms with Crippen molar-refractivity contribution in [3.63, 3.8) is 0 Å². The fourth-order valence-electron chi connectivity index (χ4n) is 4.48. The normalized spacial score (nSPS) is 16.9. The molecule has 1 atom stereocenters. The molecule has 1 aliphatic heterocycles. The molecule has 0 aromatic heterocycles. The van der Waals surface area contributed by atoms with Crippen LogP contribution in [0.1, 0.15) is 48.9 Å². The Bertz CT molecular complexity index is 1160. The van der Waals surface area contributed by atoms with Crippen LogP contribution in [-0.4, -0.2) is 74.6 Å². The molecule has 0 radical (unpaired) electrons. The second kappa shape index (κ2) is 12.6. The van der Waals surface area contributed by atoms with E-state index in [0.717, 1.165) is 30.7 Å². The highest BCUT2D eigenvalue weighted by Crippen LogP contribution is 2.42. The van der Waals surface area contributed by atoms with Gasteiger partial charge in [0.2, 0.25) is 0 Å². The topological polar surface area (TPSA) is 88.5 Å². The summed E-state index contributed by atoms with van der Waals surface area (Å²) in [6.07, 6.45) is 2.65. The number of hydrogen-bond acceptors (Lipinski definition) is 7. The second-order valence-corrected chi connectivity index (χ2v) is 9.45. The Labute approximate surface area is 219 Å². The minimum Gasteiger partial charge on any atom is -0.507 e. The zero-order valence-electron chi connectivity index (χ0n) is 22.7.